The molecule has 26 heavy (non-hydrogen) atoms. The molecular formula is C21H28N4O. The number of rotatable bonds is 3. The van der Waals surface area contributed by atoms with Crippen LogP contribution in [0, 0.1) is 19.3 Å². The number of likely N-dealkylation sites (tertiary alicyclic amines) is 2. The number of amides is 1. The number of aryl methyl sites for hydroxylation is 2. The summed E-state index contributed by atoms with van der Waals surface area (Å²) in [5, 5.41) is 4.45. The summed E-state index contributed by atoms with van der Waals surface area (Å²) in [5.41, 5.74) is 4.85. The Morgan fingerprint density at radius 3 is 2.81 bits per heavy atom. The Labute approximate surface area is 155 Å². The molecule has 4 rings (SSSR count). The highest BCUT2D eigenvalue weighted by Crippen LogP contribution is 2.40. The molecule has 0 radical (unpaired) electrons. The number of carbonyl (C=O) groups is 1. The molecule has 0 N–H and O–H groups in total. The number of carbonyl (C=O) groups excluding carboxylic acids is 1. The van der Waals surface area contributed by atoms with Gasteiger partial charge in [-0.2, -0.15) is 5.10 Å². The molecule has 138 valence electrons. The molecule has 0 saturated carbocycles. The van der Waals surface area contributed by atoms with Crippen molar-refractivity contribution in [3.05, 3.63) is 47.3 Å². The van der Waals surface area contributed by atoms with E-state index in [1.807, 2.05) is 35.1 Å². The smallest absolute Gasteiger partial charge is 0.229 e. The summed E-state index contributed by atoms with van der Waals surface area (Å²) >= 11 is 0. The van der Waals surface area contributed by atoms with Gasteiger partial charge in [0.2, 0.25) is 5.91 Å². The van der Waals surface area contributed by atoms with Crippen molar-refractivity contribution in [2.24, 2.45) is 5.41 Å². The number of hydrogen-bond donors (Lipinski definition) is 0. The first kappa shape index (κ1) is 17.3. The second kappa shape index (κ2) is 6.54. The van der Waals surface area contributed by atoms with E-state index in [-0.39, 0.29) is 5.41 Å². The van der Waals surface area contributed by atoms with Crippen molar-refractivity contribution in [1.82, 2.24) is 19.6 Å². The second-order valence-electron chi connectivity index (χ2n) is 8.10. The Morgan fingerprint density at radius 1 is 1.19 bits per heavy atom. The number of piperidine rings is 1. The topological polar surface area (TPSA) is 41.4 Å². The standard InChI is InChI=1S/C21H28N4O/c1-16-12-17(2)18(19(13-16)25-10-5-8-22-25)14-24-11-7-21(15-24)6-4-9-23(3)20(21)26/h5,8,10,12-13H,4,6-7,9,11,14-15H2,1-3H3/t21-/m0/s1. The molecule has 1 amide bonds. The van der Waals surface area contributed by atoms with Crippen molar-refractivity contribution in [2.75, 3.05) is 26.7 Å². The van der Waals surface area contributed by atoms with Crippen LogP contribution in [0.5, 0.6) is 0 Å². The zero-order chi connectivity index (χ0) is 18.3. The van der Waals surface area contributed by atoms with Gasteiger partial charge in [-0.1, -0.05) is 6.07 Å². The summed E-state index contributed by atoms with van der Waals surface area (Å²) in [6.45, 7) is 7.96. The molecule has 2 aliphatic heterocycles. The first-order valence-electron chi connectivity index (χ1n) is 9.57. The Kier molecular flexibility index (Phi) is 4.35. The molecule has 0 bridgehead atoms. The van der Waals surface area contributed by atoms with E-state index in [4.69, 9.17) is 0 Å². The summed E-state index contributed by atoms with van der Waals surface area (Å²) < 4.78 is 1.96. The summed E-state index contributed by atoms with van der Waals surface area (Å²) in [5.74, 6) is 0.346. The fraction of sp³-hybridized carbons (Fsp3) is 0.524. The maximum atomic E-state index is 12.8. The average molecular weight is 352 g/mol. The molecule has 0 unspecified atom stereocenters. The van der Waals surface area contributed by atoms with Crippen molar-refractivity contribution in [2.45, 2.75) is 39.7 Å². The van der Waals surface area contributed by atoms with Gasteiger partial charge in [0.15, 0.2) is 0 Å². The molecule has 5 nitrogen and oxygen atoms in total. The maximum absolute atomic E-state index is 12.8. The van der Waals surface area contributed by atoms with Crippen LogP contribution >= 0.6 is 0 Å². The van der Waals surface area contributed by atoms with Gasteiger partial charge in [-0.05, 0) is 68.5 Å². The highest BCUT2D eigenvalue weighted by atomic mass is 16.2. The number of benzene rings is 1. The first-order valence-corrected chi connectivity index (χ1v) is 9.57. The van der Waals surface area contributed by atoms with Gasteiger partial charge >= 0.3 is 0 Å². The lowest BCUT2D eigenvalue weighted by molar-refractivity contribution is -0.143. The van der Waals surface area contributed by atoms with Crippen LogP contribution in [0.15, 0.2) is 30.6 Å². The lowest BCUT2D eigenvalue weighted by Gasteiger charge is -2.37. The van der Waals surface area contributed by atoms with E-state index in [9.17, 15) is 4.79 Å². The monoisotopic (exact) mass is 352 g/mol. The molecule has 0 aliphatic carbocycles. The quantitative estimate of drug-likeness (QED) is 0.853. The van der Waals surface area contributed by atoms with Crippen molar-refractivity contribution in [3.63, 3.8) is 0 Å². The minimum absolute atomic E-state index is 0.155. The van der Waals surface area contributed by atoms with Gasteiger partial charge in [0.1, 0.15) is 0 Å². The Balaban J connectivity index is 1.60. The Hall–Kier alpha value is -2.14. The average Bonchev–Trinajstić information content (AvgIpc) is 3.26. The SMILES string of the molecule is Cc1cc(C)c(CN2CC[C@@]3(CCCN(C)C3=O)C2)c(-n2cccn2)c1. The molecular weight excluding hydrogens is 324 g/mol. The molecule has 1 aromatic carbocycles. The molecule has 2 fully saturated rings. The third-order valence-corrected chi connectivity index (χ3v) is 6.11. The van der Waals surface area contributed by atoms with E-state index in [1.165, 1.54) is 16.7 Å². The number of hydrogen-bond acceptors (Lipinski definition) is 3. The summed E-state index contributed by atoms with van der Waals surface area (Å²) in [6, 6.07) is 6.41. The van der Waals surface area contributed by atoms with Crippen molar-refractivity contribution >= 4 is 5.91 Å². The van der Waals surface area contributed by atoms with Gasteiger partial charge in [0.25, 0.3) is 0 Å². The fourth-order valence-electron chi connectivity index (χ4n) is 4.76. The van der Waals surface area contributed by atoms with Crippen LogP contribution in [-0.4, -0.2) is 52.2 Å². The van der Waals surface area contributed by atoms with Gasteiger partial charge in [-0.15, -0.1) is 0 Å². The Morgan fingerprint density at radius 2 is 2.04 bits per heavy atom. The fourth-order valence-corrected chi connectivity index (χ4v) is 4.76. The predicted octanol–water partition coefficient (Wildman–Crippen LogP) is 2.93. The molecule has 3 heterocycles. The summed E-state index contributed by atoms with van der Waals surface area (Å²) in [4.78, 5) is 17.2. The summed E-state index contributed by atoms with van der Waals surface area (Å²) in [7, 11) is 1.95. The molecule has 1 spiro atoms. The summed E-state index contributed by atoms with van der Waals surface area (Å²) in [6.07, 6.45) is 6.97. The normalized spacial score (nSPS) is 24.0. The van der Waals surface area contributed by atoms with Gasteiger partial charge in [0, 0.05) is 39.1 Å². The lowest BCUT2D eigenvalue weighted by Crippen LogP contribution is -2.48. The number of nitrogens with zero attached hydrogens (tertiary/aromatic N) is 4. The van der Waals surface area contributed by atoms with E-state index in [0.29, 0.717) is 5.91 Å². The zero-order valence-electron chi connectivity index (χ0n) is 16.0. The van der Waals surface area contributed by atoms with Crippen LogP contribution in [0.1, 0.15) is 36.0 Å². The van der Waals surface area contributed by atoms with E-state index < -0.39 is 0 Å². The third kappa shape index (κ3) is 2.94. The molecule has 1 atom stereocenters. The van der Waals surface area contributed by atoms with E-state index in [0.717, 1.165) is 51.1 Å². The lowest BCUT2D eigenvalue weighted by atomic mass is 9.78. The van der Waals surface area contributed by atoms with Crippen LogP contribution in [0.25, 0.3) is 5.69 Å². The highest BCUT2D eigenvalue weighted by molar-refractivity contribution is 5.83. The van der Waals surface area contributed by atoms with Gasteiger partial charge < -0.3 is 4.90 Å². The molecule has 2 aliphatic rings. The zero-order valence-corrected chi connectivity index (χ0v) is 16.0. The van der Waals surface area contributed by atoms with E-state index >= 15 is 0 Å². The van der Waals surface area contributed by atoms with Crippen molar-refractivity contribution in [3.8, 4) is 5.69 Å². The van der Waals surface area contributed by atoms with Gasteiger partial charge in [0.05, 0.1) is 11.1 Å². The van der Waals surface area contributed by atoms with Crippen LogP contribution in [0.2, 0.25) is 0 Å². The first-order chi connectivity index (χ1) is 12.5. The molecule has 1 aromatic heterocycles. The van der Waals surface area contributed by atoms with Gasteiger partial charge in [-0.25, -0.2) is 4.68 Å². The van der Waals surface area contributed by atoms with Crippen LogP contribution in [0.3, 0.4) is 0 Å². The van der Waals surface area contributed by atoms with Crippen molar-refractivity contribution < 1.29 is 4.79 Å². The van der Waals surface area contributed by atoms with Crippen LogP contribution < -0.4 is 0 Å². The Bertz CT molecular complexity index is 814. The minimum Gasteiger partial charge on any atom is -0.345 e. The predicted molar refractivity (Wildman–Crippen MR) is 102 cm³/mol. The van der Waals surface area contributed by atoms with E-state index in [2.05, 4.69) is 36.0 Å². The van der Waals surface area contributed by atoms with Gasteiger partial charge in [-0.3, -0.25) is 9.69 Å². The second-order valence-corrected chi connectivity index (χ2v) is 8.10. The highest BCUT2D eigenvalue weighted by Gasteiger charge is 2.47. The molecule has 2 saturated heterocycles. The maximum Gasteiger partial charge on any atom is 0.229 e. The van der Waals surface area contributed by atoms with E-state index in [1.54, 1.807) is 0 Å². The molecule has 5 heteroatoms. The largest absolute Gasteiger partial charge is 0.345 e. The number of aromatic nitrogens is 2. The third-order valence-electron chi connectivity index (χ3n) is 6.11. The van der Waals surface area contributed by atoms with Crippen LogP contribution in [-0.2, 0) is 11.3 Å². The van der Waals surface area contributed by atoms with Crippen LogP contribution in [0.4, 0.5) is 0 Å². The molecule has 2 aromatic rings. The minimum atomic E-state index is -0.155. The van der Waals surface area contributed by atoms with Crippen molar-refractivity contribution in [1.29, 1.82) is 0 Å².